The molecule has 0 aromatic carbocycles. The van der Waals surface area contributed by atoms with Crippen molar-refractivity contribution in [3.8, 4) is 0 Å². The maximum absolute atomic E-state index is 11.8. The number of hydrogen-bond donors (Lipinski definition) is 2. The quantitative estimate of drug-likeness (QED) is 0.754. The monoisotopic (exact) mass is 226 g/mol. The van der Waals surface area contributed by atoms with Crippen LogP contribution in [-0.2, 0) is 4.74 Å². The Morgan fingerprint density at radius 2 is 2.06 bits per heavy atom. The summed E-state index contributed by atoms with van der Waals surface area (Å²) in [5.41, 5.74) is 0.00178. The summed E-state index contributed by atoms with van der Waals surface area (Å²) in [5, 5.41) is 6.09. The molecule has 4 nitrogen and oxygen atoms in total. The Balaban J connectivity index is 1.76. The predicted molar refractivity (Wildman–Crippen MR) is 62.4 cm³/mol. The summed E-state index contributed by atoms with van der Waals surface area (Å²) >= 11 is 0. The van der Waals surface area contributed by atoms with E-state index in [0.29, 0.717) is 6.61 Å². The van der Waals surface area contributed by atoms with Gasteiger partial charge < -0.3 is 15.4 Å². The number of ether oxygens (including phenoxy) is 1. The van der Waals surface area contributed by atoms with Crippen LogP contribution in [0, 0.1) is 0 Å². The normalized spacial score (nSPS) is 28.7. The van der Waals surface area contributed by atoms with Gasteiger partial charge in [0.2, 0.25) is 0 Å². The van der Waals surface area contributed by atoms with Crippen LogP contribution in [0.2, 0.25) is 0 Å². The Hall–Kier alpha value is -0.770. The molecule has 2 aliphatic rings. The summed E-state index contributed by atoms with van der Waals surface area (Å²) in [7, 11) is 0. The van der Waals surface area contributed by atoms with Crippen molar-refractivity contribution < 1.29 is 9.53 Å². The molecule has 1 aliphatic heterocycles. The van der Waals surface area contributed by atoms with Gasteiger partial charge in [-0.25, -0.2) is 4.79 Å². The maximum Gasteiger partial charge on any atom is 0.315 e. The fourth-order valence-electron chi connectivity index (χ4n) is 2.60. The molecule has 1 saturated carbocycles. The molecule has 2 fully saturated rings. The highest BCUT2D eigenvalue weighted by Gasteiger charge is 2.29. The Morgan fingerprint density at radius 1 is 1.31 bits per heavy atom. The molecule has 2 N–H and O–H groups in total. The van der Waals surface area contributed by atoms with Gasteiger partial charge in [0.05, 0.1) is 12.6 Å². The van der Waals surface area contributed by atoms with Gasteiger partial charge in [0.1, 0.15) is 0 Å². The largest absolute Gasteiger partial charge is 0.379 e. The Bertz CT molecular complexity index is 243. The van der Waals surface area contributed by atoms with E-state index in [-0.39, 0.29) is 17.6 Å². The third-order valence-corrected chi connectivity index (χ3v) is 3.64. The number of carbonyl (C=O) groups excluding carboxylic acids is 1. The van der Waals surface area contributed by atoms with E-state index in [4.69, 9.17) is 4.74 Å². The van der Waals surface area contributed by atoms with E-state index in [0.717, 1.165) is 25.9 Å². The van der Waals surface area contributed by atoms with E-state index < -0.39 is 0 Å². The Morgan fingerprint density at radius 3 is 2.69 bits per heavy atom. The van der Waals surface area contributed by atoms with Crippen molar-refractivity contribution in [2.24, 2.45) is 0 Å². The van der Waals surface area contributed by atoms with Gasteiger partial charge in [0.25, 0.3) is 0 Å². The van der Waals surface area contributed by atoms with E-state index in [1.807, 2.05) is 0 Å². The number of amides is 2. The predicted octanol–water partition coefficient (Wildman–Crippen LogP) is 1.80. The minimum absolute atomic E-state index is 0.00178. The van der Waals surface area contributed by atoms with Crippen LogP contribution in [-0.4, -0.2) is 30.8 Å². The Kier molecular flexibility index (Phi) is 3.69. The fraction of sp³-hybridized carbons (Fsp3) is 0.917. The van der Waals surface area contributed by atoms with Crippen LogP contribution in [0.4, 0.5) is 4.79 Å². The van der Waals surface area contributed by atoms with Crippen LogP contribution >= 0.6 is 0 Å². The first kappa shape index (κ1) is 11.7. The van der Waals surface area contributed by atoms with Crippen LogP contribution in [0.5, 0.6) is 0 Å². The molecule has 0 aromatic heterocycles. The highest BCUT2D eigenvalue weighted by molar-refractivity contribution is 5.75. The second-order valence-electron chi connectivity index (χ2n) is 5.28. The van der Waals surface area contributed by atoms with Crippen molar-refractivity contribution in [3.05, 3.63) is 0 Å². The van der Waals surface area contributed by atoms with E-state index in [2.05, 4.69) is 17.6 Å². The van der Waals surface area contributed by atoms with Crippen molar-refractivity contribution >= 4 is 6.03 Å². The molecule has 16 heavy (non-hydrogen) atoms. The second kappa shape index (κ2) is 5.04. The highest BCUT2D eigenvalue weighted by Crippen LogP contribution is 2.27. The van der Waals surface area contributed by atoms with Gasteiger partial charge in [-0.3, -0.25) is 0 Å². The molecule has 1 saturated heterocycles. The molecule has 0 aromatic rings. The number of hydrogen-bond acceptors (Lipinski definition) is 2. The van der Waals surface area contributed by atoms with Gasteiger partial charge in [-0.15, -0.1) is 0 Å². The minimum atomic E-state index is -0.0279. The lowest BCUT2D eigenvalue weighted by atomic mass is 9.83. The van der Waals surface area contributed by atoms with Crippen LogP contribution < -0.4 is 10.6 Å². The summed E-state index contributed by atoms with van der Waals surface area (Å²) < 4.78 is 5.23. The molecule has 92 valence electrons. The summed E-state index contributed by atoms with van der Waals surface area (Å²) in [4.78, 5) is 11.8. The first-order valence-electron chi connectivity index (χ1n) is 6.34. The zero-order valence-corrected chi connectivity index (χ0v) is 10.1. The van der Waals surface area contributed by atoms with Crippen molar-refractivity contribution in [1.82, 2.24) is 10.6 Å². The molecule has 1 heterocycles. The molecule has 1 unspecified atom stereocenters. The summed E-state index contributed by atoms with van der Waals surface area (Å²) in [5.74, 6) is 0. The van der Waals surface area contributed by atoms with Crippen molar-refractivity contribution in [2.45, 2.75) is 57.0 Å². The van der Waals surface area contributed by atoms with Gasteiger partial charge >= 0.3 is 6.03 Å². The third kappa shape index (κ3) is 3.11. The second-order valence-corrected chi connectivity index (χ2v) is 5.28. The standard InChI is InChI=1S/C12H22N2O2/c1-12(6-3-2-4-7-12)14-11(15)13-10-5-8-16-9-10/h10H,2-9H2,1H3,(H2,13,14,15). The average Bonchev–Trinajstić information content (AvgIpc) is 2.70. The minimum Gasteiger partial charge on any atom is -0.379 e. The Labute approximate surface area is 97.1 Å². The number of nitrogens with one attached hydrogen (secondary N) is 2. The lowest BCUT2D eigenvalue weighted by Crippen LogP contribution is -2.53. The van der Waals surface area contributed by atoms with Gasteiger partial charge in [0, 0.05) is 12.1 Å². The molecule has 0 spiro atoms. The molecule has 1 aliphatic carbocycles. The fourth-order valence-corrected chi connectivity index (χ4v) is 2.60. The van der Waals surface area contributed by atoms with Gasteiger partial charge in [-0.1, -0.05) is 19.3 Å². The number of carbonyl (C=O) groups is 1. The molecule has 1 atom stereocenters. The molecule has 2 rings (SSSR count). The zero-order chi connectivity index (χ0) is 11.4. The van der Waals surface area contributed by atoms with Gasteiger partial charge in [-0.05, 0) is 26.2 Å². The SMILES string of the molecule is CC1(NC(=O)NC2CCOC2)CCCCC1. The van der Waals surface area contributed by atoms with Crippen LogP contribution in [0.1, 0.15) is 45.4 Å². The summed E-state index contributed by atoms with van der Waals surface area (Å²) in [6.45, 7) is 3.57. The zero-order valence-electron chi connectivity index (χ0n) is 10.1. The summed E-state index contributed by atoms with van der Waals surface area (Å²) in [6, 6.07) is 0.173. The van der Waals surface area contributed by atoms with Crippen LogP contribution in [0.3, 0.4) is 0 Å². The van der Waals surface area contributed by atoms with E-state index in [1.165, 1.54) is 19.3 Å². The lowest BCUT2D eigenvalue weighted by Gasteiger charge is -2.34. The molecule has 2 amide bonds. The van der Waals surface area contributed by atoms with E-state index in [1.54, 1.807) is 0 Å². The third-order valence-electron chi connectivity index (χ3n) is 3.64. The molecule has 0 bridgehead atoms. The molecule has 4 heteroatoms. The molecule has 0 radical (unpaired) electrons. The lowest BCUT2D eigenvalue weighted by molar-refractivity contribution is 0.184. The average molecular weight is 226 g/mol. The first-order chi connectivity index (χ1) is 7.68. The highest BCUT2D eigenvalue weighted by atomic mass is 16.5. The van der Waals surface area contributed by atoms with E-state index in [9.17, 15) is 4.79 Å². The molecular formula is C12H22N2O2. The number of rotatable bonds is 2. The van der Waals surface area contributed by atoms with E-state index >= 15 is 0 Å². The summed E-state index contributed by atoms with van der Waals surface area (Å²) in [6.07, 6.45) is 6.88. The van der Waals surface area contributed by atoms with Gasteiger partial charge in [0.15, 0.2) is 0 Å². The van der Waals surface area contributed by atoms with Crippen LogP contribution in [0.15, 0.2) is 0 Å². The maximum atomic E-state index is 11.8. The van der Waals surface area contributed by atoms with Crippen LogP contribution in [0.25, 0.3) is 0 Å². The first-order valence-corrected chi connectivity index (χ1v) is 6.34. The smallest absolute Gasteiger partial charge is 0.315 e. The van der Waals surface area contributed by atoms with Crippen molar-refractivity contribution in [2.75, 3.05) is 13.2 Å². The van der Waals surface area contributed by atoms with Crippen molar-refractivity contribution in [1.29, 1.82) is 0 Å². The molecular weight excluding hydrogens is 204 g/mol. The topological polar surface area (TPSA) is 50.4 Å². The van der Waals surface area contributed by atoms with Gasteiger partial charge in [-0.2, -0.15) is 0 Å². The van der Waals surface area contributed by atoms with Crippen molar-refractivity contribution in [3.63, 3.8) is 0 Å². The number of urea groups is 1.